The van der Waals surface area contributed by atoms with Crippen LogP contribution in [0.5, 0.6) is 11.5 Å². The Kier molecular flexibility index (Phi) is 3.04. The Morgan fingerprint density at radius 3 is 2.21 bits per heavy atom. The molecule has 0 spiro atoms. The average Bonchev–Trinajstić information content (AvgIpc) is 2.95. The van der Waals surface area contributed by atoms with E-state index in [1.165, 1.54) is 0 Å². The molecular formula is C30H20BNO. The first-order chi connectivity index (χ1) is 18.5. The van der Waals surface area contributed by atoms with E-state index in [0.717, 1.165) is 39.2 Å². The largest absolute Gasteiger partial charge is 0.458 e. The van der Waals surface area contributed by atoms with Gasteiger partial charge in [-0.3, -0.25) is 0 Å². The summed E-state index contributed by atoms with van der Waals surface area (Å²) in [6, 6.07) is 28.5. The number of benzene rings is 5. The molecule has 3 heteroatoms. The highest BCUT2D eigenvalue weighted by Crippen LogP contribution is 2.42. The number of para-hydroxylation sites is 3. The number of hydrogen-bond donors (Lipinski definition) is 0. The van der Waals surface area contributed by atoms with Gasteiger partial charge in [0, 0.05) is 17.1 Å². The minimum atomic E-state index is -0.409. The van der Waals surface area contributed by atoms with E-state index in [1.807, 2.05) is 72.8 Å². The van der Waals surface area contributed by atoms with Gasteiger partial charge < -0.3 is 9.64 Å². The molecule has 0 atom stereocenters. The Balaban J connectivity index is 1.59. The molecule has 2 nitrogen and oxygen atoms in total. The van der Waals surface area contributed by atoms with E-state index in [1.54, 1.807) is 0 Å². The van der Waals surface area contributed by atoms with E-state index in [2.05, 4.69) is 23.1 Å². The van der Waals surface area contributed by atoms with Crippen LogP contribution in [0.2, 0.25) is 0 Å². The summed E-state index contributed by atoms with van der Waals surface area (Å²) in [5, 5.41) is 0. The number of hydrogen-bond acceptors (Lipinski definition) is 2. The molecule has 33 heavy (non-hydrogen) atoms. The van der Waals surface area contributed by atoms with Crippen LogP contribution in [0.3, 0.4) is 0 Å². The molecule has 2 aliphatic heterocycles. The van der Waals surface area contributed by atoms with Crippen molar-refractivity contribution >= 4 is 40.2 Å². The molecule has 5 aromatic carbocycles. The summed E-state index contributed by atoms with van der Waals surface area (Å²) >= 11 is 0. The van der Waals surface area contributed by atoms with Crippen molar-refractivity contribution in [3.05, 3.63) is 121 Å². The number of fused-ring (bicyclic) bond motifs is 4. The van der Waals surface area contributed by atoms with Gasteiger partial charge >= 0.3 is 0 Å². The highest BCUT2D eigenvalue weighted by molar-refractivity contribution is 6.99. The van der Waals surface area contributed by atoms with Crippen LogP contribution in [-0.2, 0) is 0 Å². The monoisotopic (exact) mass is 426 g/mol. The van der Waals surface area contributed by atoms with Crippen molar-refractivity contribution in [2.24, 2.45) is 0 Å². The fourth-order valence-electron chi connectivity index (χ4n) is 5.04. The molecule has 0 saturated heterocycles. The highest BCUT2D eigenvalue weighted by atomic mass is 16.5. The lowest BCUT2D eigenvalue weighted by Crippen LogP contribution is -2.59. The quantitative estimate of drug-likeness (QED) is 0.326. The molecule has 0 fully saturated rings. The normalized spacial score (nSPS) is 15.1. The third-order valence-electron chi connectivity index (χ3n) is 6.39. The van der Waals surface area contributed by atoms with Crippen molar-refractivity contribution in [2.75, 3.05) is 4.90 Å². The summed E-state index contributed by atoms with van der Waals surface area (Å²) in [5.74, 6) is 1.36. The molecule has 0 saturated carbocycles. The number of anilines is 3. The van der Waals surface area contributed by atoms with Crippen molar-refractivity contribution in [1.82, 2.24) is 0 Å². The molecule has 0 N–H and O–H groups in total. The summed E-state index contributed by atoms with van der Waals surface area (Å²) in [5.41, 5.74) is 6.70. The van der Waals surface area contributed by atoms with Crippen LogP contribution in [0, 0.1) is 0 Å². The minimum absolute atomic E-state index is 0.0739. The Morgan fingerprint density at radius 2 is 1.36 bits per heavy atom. The Labute approximate surface area is 200 Å². The van der Waals surface area contributed by atoms with Gasteiger partial charge in [0.15, 0.2) is 0 Å². The molecule has 0 aliphatic carbocycles. The van der Waals surface area contributed by atoms with E-state index in [9.17, 15) is 0 Å². The second-order valence-corrected chi connectivity index (χ2v) is 8.21. The van der Waals surface area contributed by atoms with Gasteiger partial charge in [0.2, 0.25) is 0 Å². The van der Waals surface area contributed by atoms with E-state index >= 15 is 0 Å². The van der Waals surface area contributed by atoms with Crippen molar-refractivity contribution in [3.63, 3.8) is 0 Å². The first kappa shape index (κ1) is 14.0. The first-order valence-electron chi connectivity index (χ1n) is 13.4. The van der Waals surface area contributed by atoms with Crippen LogP contribution in [0.1, 0.15) is 6.85 Å². The number of nitrogens with zero attached hydrogens (tertiary/aromatic N) is 1. The van der Waals surface area contributed by atoms with Crippen molar-refractivity contribution < 1.29 is 11.6 Å². The molecule has 154 valence electrons. The molecule has 0 amide bonds. The highest BCUT2D eigenvalue weighted by Gasteiger charge is 2.41. The summed E-state index contributed by atoms with van der Waals surface area (Å²) in [4.78, 5) is 2.17. The third-order valence-corrected chi connectivity index (χ3v) is 6.39. The lowest BCUT2D eigenvalue weighted by molar-refractivity contribution is 0.488. The predicted octanol–water partition coefficient (Wildman–Crippen LogP) is 5.76. The van der Waals surface area contributed by atoms with Crippen molar-refractivity contribution in [2.45, 2.75) is 0 Å². The summed E-state index contributed by atoms with van der Waals surface area (Å²) in [6.45, 7) is -0.0739. The molecule has 0 radical (unpaired) electrons. The van der Waals surface area contributed by atoms with Gasteiger partial charge in [-0.05, 0) is 63.9 Å². The maximum Gasteiger partial charge on any atom is 0.256 e. The SMILES string of the molecule is [2H]c1c([2H])c([2H])c(-c2cc3c4c(c2)N(c2ccccc2)c2ccccc2B4c2ccccc2O3)c([2H])c1[2H]. The minimum Gasteiger partial charge on any atom is -0.458 e. The van der Waals surface area contributed by atoms with E-state index < -0.39 is 6.04 Å². The summed E-state index contributed by atoms with van der Waals surface area (Å²) in [6.07, 6.45) is 0. The topological polar surface area (TPSA) is 12.5 Å². The van der Waals surface area contributed by atoms with E-state index in [4.69, 9.17) is 11.6 Å². The lowest BCUT2D eigenvalue weighted by Gasteiger charge is -2.40. The van der Waals surface area contributed by atoms with E-state index in [-0.39, 0.29) is 36.4 Å². The molecule has 7 rings (SSSR count). The molecule has 2 heterocycles. The summed E-state index contributed by atoms with van der Waals surface area (Å²) in [7, 11) is 0. The van der Waals surface area contributed by atoms with Gasteiger partial charge in [-0.2, -0.15) is 0 Å². The maximum atomic E-state index is 8.62. The smallest absolute Gasteiger partial charge is 0.256 e. The standard InChI is InChI=1S/C30H20BNO/c1-3-11-21(12-4-1)22-19-27-30-29(20-22)33-28-18-10-8-16-25(28)31(30)24-15-7-9-17-26(24)32(27)23-13-5-2-6-14-23/h1-20H/i1D,3D,4D,11D,12D. The fourth-order valence-corrected chi connectivity index (χ4v) is 5.04. The molecular weight excluding hydrogens is 401 g/mol. The number of ether oxygens (including phenoxy) is 1. The number of rotatable bonds is 2. The van der Waals surface area contributed by atoms with Gasteiger partial charge in [0.05, 0.1) is 6.85 Å². The van der Waals surface area contributed by atoms with Crippen LogP contribution < -0.4 is 26.0 Å². The van der Waals surface area contributed by atoms with Gasteiger partial charge in [-0.1, -0.05) is 84.8 Å². The van der Waals surface area contributed by atoms with Crippen LogP contribution in [0.4, 0.5) is 17.1 Å². The molecule has 5 aromatic rings. The Hall–Kier alpha value is -4.24. The Bertz CT molecular complexity index is 1750. The third kappa shape index (κ3) is 2.76. The zero-order chi connectivity index (χ0) is 26.1. The fraction of sp³-hybridized carbons (Fsp3) is 0. The predicted molar refractivity (Wildman–Crippen MR) is 138 cm³/mol. The zero-order valence-corrected chi connectivity index (χ0v) is 17.6. The van der Waals surface area contributed by atoms with Crippen LogP contribution >= 0.6 is 0 Å². The lowest BCUT2D eigenvalue weighted by atomic mass is 9.34. The molecule has 2 aliphatic rings. The van der Waals surface area contributed by atoms with Gasteiger partial charge in [-0.25, -0.2) is 0 Å². The second-order valence-electron chi connectivity index (χ2n) is 8.21. The molecule has 0 aromatic heterocycles. The van der Waals surface area contributed by atoms with Crippen molar-refractivity contribution in [1.29, 1.82) is 0 Å². The van der Waals surface area contributed by atoms with Gasteiger partial charge in [0.25, 0.3) is 6.71 Å². The van der Waals surface area contributed by atoms with Gasteiger partial charge in [-0.15, -0.1) is 0 Å². The van der Waals surface area contributed by atoms with Crippen LogP contribution in [0.25, 0.3) is 11.1 Å². The molecule has 0 unspecified atom stereocenters. The van der Waals surface area contributed by atoms with Crippen molar-refractivity contribution in [3.8, 4) is 22.6 Å². The summed E-state index contributed by atoms with van der Waals surface area (Å²) < 4.78 is 48.2. The van der Waals surface area contributed by atoms with E-state index in [0.29, 0.717) is 11.3 Å². The Morgan fingerprint density at radius 1 is 0.636 bits per heavy atom. The molecule has 0 bridgehead atoms. The first-order valence-corrected chi connectivity index (χ1v) is 10.9. The zero-order valence-electron chi connectivity index (χ0n) is 22.6. The van der Waals surface area contributed by atoms with Gasteiger partial charge in [0.1, 0.15) is 11.5 Å². The average molecular weight is 426 g/mol. The van der Waals surface area contributed by atoms with Crippen LogP contribution in [-0.4, -0.2) is 6.71 Å². The maximum absolute atomic E-state index is 8.62. The van der Waals surface area contributed by atoms with Crippen LogP contribution in [0.15, 0.2) is 121 Å². The second kappa shape index (κ2) is 7.14.